The number of aryl methyl sites for hydroxylation is 1. The Morgan fingerprint density at radius 3 is 2.69 bits per heavy atom. The van der Waals surface area contributed by atoms with Gasteiger partial charge in [-0.3, -0.25) is 4.79 Å². The molecule has 2 nitrogen and oxygen atoms in total. The van der Waals surface area contributed by atoms with Gasteiger partial charge in [-0.05, 0) is 31.4 Å². The third kappa shape index (κ3) is 2.64. The van der Waals surface area contributed by atoms with Crippen molar-refractivity contribution in [3.63, 3.8) is 0 Å². The van der Waals surface area contributed by atoms with Crippen molar-refractivity contribution in [2.24, 2.45) is 0 Å². The quantitative estimate of drug-likeness (QED) is 0.646. The zero-order chi connectivity index (χ0) is 9.68. The number of anilines is 1. The molecule has 0 aliphatic rings. The summed E-state index contributed by atoms with van der Waals surface area (Å²) in [7, 11) is 0. The maximum Gasteiger partial charge on any atom is 0.300 e. The van der Waals surface area contributed by atoms with Gasteiger partial charge in [-0.25, -0.2) is 0 Å². The van der Waals surface area contributed by atoms with Gasteiger partial charge in [0, 0.05) is 5.69 Å². The number of nitrogens with one attached hydrogen (secondary N) is 1. The summed E-state index contributed by atoms with van der Waals surface area (Å²) in [6, 6.07) is 7.60. The van der Waals surface area contributed by atoms with E-state index >= 15 is 0 Å². The second-order valence-corrected chi connectivity index (χ2v) is 2.64. The van der Waals surface area contributed by atoms with Crippen molar-refractivity contribution in [2.75, 3.05) is 5.32 Å². The van der Waals surface area contributed by atoms with Crippen LogP contribution in [0.2, 0.25) is 0 Å². The Bertz CT molecular complexity index is 371. The summed E-state index contributed by atoms with van der Waals surface area (Å²) >= 11 is 0. The van der Waals surface area contributed by atoms with Crippen LogP contribution in [0.3, 0.4) is 0 Å². The van der Waals surface area contributed by atoms with Crippen molar-refractivity contribution in [3.8, 4) is 11.8 Å². The predicted molar refractivity (Wildman–Crippen MR) is 53.3 cm³/mol. The molecular weight excluding hydrogens is 162 g/mol. The van der Waals surface area contributed by atoms with Crippen molar-refractivity contribution in [1.29, 1.82) is 0 Å². The lowest BCUT2D eigenvalue weighted by molar-refractivity contribution is -0.111. The van der Waals surface area contributed by atoms with E-state index in [9.17, 15) is 4.79 Å². The van der Waals surface area contributed by atoms with Crippen LogP contribution in [-0.4, -0.2) is 5.91 Å². The van der Waals surface area contributed by atoms with Crippen molar-refractivity contribution >= 4 is 11.6 Å². The van der Waals surface area contributed by atoms with Gasteiger partial charge in [0.15, 0.2) is 0 Å². The Hall–Kier alpha value is -1.75. The Labute approximate surface area is 78.0 Å². The van der Waals surface area contributed by atoms with Gasteiger partial charge in [-0.1, -0.05) is 24.1 Å². The standard InChI is InChI=1S/C11H11NO/c1-3-6-11(13)12-10-8-5-4-7-9(10)2/h4-5,7-8H,1-2H3,(H,12,13). The summed E-state index contributed by atoms with van der Waals surface area (Å²) < 4.78 is 0. The molecule has 0 unspecified atom stereocenters. The number of hydrogen-bond donors (Lipinski definition) is 1. The molecule has 1 rings (SSSR count). The monoisotopic (exact) mass is 173 g/mol. The second kappa shape index (κ2) is 4.32. The SMILES string of the molecule is CC#CC(=O)Nc1ccccc1C. The van der Waals surface area contributed by atoms with E-state index in [1.54, 1.807) is 6.92 Å². The first-order valence-electron chi connectivity index (χ1n) is 4.03. The molecule has 0 bridgehead atoms. The van der Waals surface area contributed by atoms with Gasteiger partial charge in [0.2, 0.25) is 0 Å². The normalized spacial score (nSPS) is 8.46. The Morgan fingerprint density at radius 1 is 1.38 bits per heavy atom. The average Bonchev–Trinajstić information content (AvgIpc) is 2.09. The number of rotatable bonds is 1. The highest BCUT2D eigenvalue weighted by atomic mass is 16.1. The van der Waals surface area contributed by atoms with Crippen molar-refractivity contribution < 1.29 is 4.79 Å². The first-order chi connectivity index (χ1) is 6.24. The molecule has 0 atom stereocenters. The molecule has 1 aromatic rings. The van der Waals surface area contributed by atoms with Crippen LogP contribution in [0.25, 0.3) is 0 Å². The van der Waals surface area contributed by atoms with E-state index in [1.165, 1.54) is 0 Å². The average molecular weight is 173 g/mol. The maximum absolute atomic E-state index is 11.1. The molecule has 0 saturated carbocycles. The van der Waals surface area contributed by atoms with E-state index in [0.29, 0.717) is 0 Å². The largest absolute Gasteiger partial charge is 0.315 e. The third-order valence-electron chi connectivity index (χ3n) is 1.63. The summed E-state index contributed by atoms with van der Waals surface area (Å²) in [6.07, 6.45) is 0. The number of hydrogen-bond acceptors (Lipinski definition) is 1. The van der Waals surface area contributed by atoms with E-state index in [2.05, 4.69) is 17.2 Å². The van der Waals surface area contributed by atoms with Crippen LogP contribution >= 0.6 is 0 Å². The number of benzene rings is 1. The van der Waals surface area contributed by atoms with Crippen LogP contribution in [0.5, 0.6) is 0 Å². The summed E-state index contributed by atoms with van der Waals surface area (Å²) in [6.45, 7) is 3.58. The second-order valence-electron chi connectivity index (χ2n) is 2.64. The summed E-state index contributed by atoms with van der Waals surface area (Å²) in [5, 5.41) is 2.70. The van der Waals surface area contributed by atoms with E-state index in [4.69, 9.17) is 0 Å². The predicted octanol–water partition coefficient (Wildman–Crippen LogP) is 1.96. The highest BCUT2D eigenvalue weighted by molar-refractivity contribution is 6.04. The van der Waals surface area contributed by atoms with Crippen LogP contribution in [0.4, 0.5) is 5.69 Å². The van der Waals surface area contributed by atoms with E-state index in [1.807, 2.05) is 31.2 Å². The molecule has 0 spiro atoms. The van der Waals surface area contributed by atoms with Gasteiger partial charge in [0.05, 0.1) is 0 Å². The molecule has 0 radical (unpaired) electrons. The van der Waals surface area contributed by atoms with Crippen molar-refractivity contribution in [2.45, 2.75) is 13.8 Å². The fourth-order valence-electron chi connectivity index (χ4n) is 0.980. The topological polar surface area (TPSA) is 29.1 Å². The molecule has 1 N–H and O–H groups in total. The van der Waals surface area contributed by atoms with E-state index in [0.717, 1.165) is 11.3 Å². The minimum atomic E-state index is -0.267. The molecule has 0 aliphatic heterocycles. The minimum Gasteiger partial charge on any atom is -0.315 e. The zero-order valence-electron chi connectivity index (χ0n) is 7.72. The zero-order valence-corrected chi connectivity index (χ0v) is 7.72. The molecule has 13 heavy (non-hydrogen) atoms. The molecular formula is C11H11NO. The minimum absolute atomic E-state index is 0.267. The lowest BCUT2D eigenvalue weighted by Crippen LogP contribution is -2.09. The van der Waals surface area contributed by atoms with Gasteiger partial charge in [-0.2, -0.15) is 0 Å². The molecule has 1 aromatic carbocycles. The van der Waals surface area contributed by atoms with Crippen LogP contribution in [0.15, 0.2) is 24.3 Å². The third-order valence-corrected chi connectivity index (χ3v) is 1.63. The highest BCUT2D eigenvalue weighted by Crippen LogP contribution is 2.12. The first-order valence-corrected chi connectivity index (χ1v) is 4.03. The van der Waals surface area contributed by atoms with Crippen LogP contribution < -0.4 is 5.32 Å². The molecule has 0 aromatic heterocycles. The van der Waals surface area contributed by atoms with Gasteiger partial charge < -0.3 is 5.32 Å². The van der Waals surface area contributed by atoms with Crippen LogP contribution in [-0.2, 0) is 4.79 Å². The summed E-state index contributed by atoms with van der Waals surface area (Å²) in [5.41, 5.74) is 1.85. The molecule has 66 valence electrons. The Morgan fingerprint density at radius 2 is 2.08 bits per heavy atom. The van der Waals surface area contributed by atoms with Gasteiger partial charge >= 0.3 is 0 Å². The van der Waals surface area contributed by atoms with Gasteiger partial charge in [0.25, 0.3) is 5.91 Å². The first kappa shape index (κ1) is 9.34. The number of carbonyl (C=O) groups is 1. The number of amides is 1. The van der Waals surface area contributed by atoms with Gasteiger partial charge in [-0.15, -0.1) is 0 Å². The maximum atomic E-state index is 11.1. The van der Waals surface area contributed by atoms with E-state index in [-0.39, 0.29) is 5.91 Å². The molecule has 1 amide bonds. The highest BCUT2D eigenvalue weighted by Gasteiger charge is 1.98. The van der Waals surface area contributed by atoms with Crippen molar-refractivity contribution in [1.82, 2.24) is 0 Å². The van der Waals surface area contributed by atoms with Crippen molar-refractivity contribution in [3.05, 3.63) is 29.8 Å². The lowest BCUT2D eigenvalue weighted by atomic mass is 10.2. The molecule has 0 fully saturated rings. The molecule has 0 saturated heterocycles. The smallest absolute Gasteiger partial charge is 0.300 e. The van der Waals surface area contributed by atoms with Crippen LogP contribution in [0, 0.1) is 18.8 Å². The Kier molecular flexibility index (Phi) is 3.10. The van der Waals surface area contributed by atoms with E-state index < -0.39 is 0 Å². The van der Waals surface area contributed by atoms with Gasteiger partial charge in [0.1, 0.15) is 0 Å². The summed E-state index contributed by atoms with van der Waals surface area (Å²) in [5.74, 6) is 4.70. The molecule has 0 aliphatic carbocycles. The number of carbonyl (C=O) groups excluding carboxylic acids is 1. The molecule has 0 heterocycles. The van der Waals surface area contributed by atoms with Crippen LogP contribution in [0.1, 0.15) is 12.5 Å². The Balaban J connectivity index is 2.78. The number of para-hydroxylation sites is 1. The molecule has 2 heteroatoms. The fourth-order valence-corrected chi connectivity index (χ4v) is 0.980. The fraction of sp³-hybridized carbons (Fsp3) is 0.182. The lowest BCUT2D eigenvalue weighted by Gasteiger charge is -2.03. The summed E-state index contributed by atoms with van der Waals surface area (Å²) in [4.78, 5) is 11.1.